The van der Waals surface area contributed by atoms with Crippen molar-refractivity contribution in [2.45, 2.75) is 58.3 Å². The Labute approximate surface area is 139 Å². The number of unbranched alkanes of at least 4 members (excludes halogenated alkanes) is 5. The number of carbonyl (C=O) groups is 1. The predicted octanol–water partition coefficient (Wildman–Crippen LogP) is 5.68. The molecule has 2 rings (SSSR count). The largest absolute Gasteiger partial charge is 0.465 e. The van der Waals surface area contributed by atoms with Crippen LogP contribution in [0.15, 0.2) is 42.5 Å². The second-order valence-corrected chi connectivity index (χ2v) is 6.13. The molecule has 0 N–H and O–H groups in total. The van der Waals surface area contributed by atoms with Gasteiger partial charge in [0.05, 0.1) is 6.61 Å². The molecule has 0 saturated carbocycles. The van der Waals surface area contributed by atoms with E-state index in [2.05, 4.69) is 43.3 Å². The summed E-state index contributed by atoms with van der Waals surface area (Å²) in [6, 6.07) is 14.6. The van der Waals surface area contributed by atoms with Gasteiger partial charge in [0, 0.05) is 12.8 Å². The van der Waals surface area contributed by atoms with Crippen LogP contribution in [0.4, 0.5) is 0 Å². The van der Waals surface area contributed by atoms with E-state index in [-0.39, 0.29) is 5.97 Å². The fourth-order valence-corrected chi connectivity index (χ4v) is 2.91. The van der Waals surface area contributed by atoms with Gasteiger partial charge >= 0.3 is 5.97 Å². The minimum Gasteiger partial charge on any atom is -0.465 e. The molecule has 0 bridgehead atoms. The molecule has 0 aliphatic rings. The molecule has 0 aliphatic carbocycles. The van der Waals surface area contributed by atoms with Gasteiger partial charge in [-0.25, -0.2) is 0 Å². The van der Waals surface area contributed by atoms with Crippen molar-refractivity contribution in [3.63, 3.8) is 0 Å². The Hall–Kier alpha value is -1.83. The van der Waals surface area contributed by atoms with Crippen LogP contribution in [-0.2, 0) is 16.0 Å². The van der Waals surface area contributed by atoms with Gasteiger partial charge in [0.15, 0.2) is 0 Å². The Morgan fingerprint density at radius 2 is 1.65 bits per heavy atom. The van der Waals surface area contributed by atoms with Crippen LogP contribution in [-0.4, -0.2) is 12.6 Å². The monoisotopic (exact) mass is 312 g/mol. The molecule has 23 heavy (non-hydrogen) atoms. The minimum absolute atomic E-state index is 0.0549. The average molecular weight is 312 g/mol. The van der Waals surface area contributed by atoms with Gasteiger partial charge in [0.2, 0.25) is 0 Å². The van der Waals surface area contributed by atoms with E-state index in [0.29, 0.717) is 13.0 Å². The molecule has 0 fully saturated rings. The summed E-state index contributed by atoms with van der Waals surface area (Å²) in [5, 5.41) is 2.49. The molecule has 0 aliphatic heterocycles. The molecule has 0 saturated heterocycles. The van der Waals surface area contributed by atoms with E-state index >= 15 is 0 Å². The summed E-state index contributed by atoms with van der Waals surface area (Å²) in [6.45, 7) is 2.69. The topological polar surface area (TPSA) is 26.3 Å². The van der Waals surface area contributed by atoms with E-state index in [4.69, 9.17) is 4.74 Å². The highest BCUT2D eigenvalue weighted by molar-refractivity contribution is 5.85. The molecular formula is C21H28O2. The average Bonchev–Trinajstić information content (AvgIpc) is 2.58. The van der Waals surface area contributed by atoms with Gasteiger partial charge in [-0.1, -0.05) is 81.5 Å². The van der Waals surface area contributed by atoms with Gasteiger partial charge in [-0.05, 0) is 22.8 Å². The molecule has 0 aromatic heterocycles. The third-order valence-electron chi connectivity index (χ3n) is 4.25. The van der Waals surface area contributed by atoms with Crippen LogP contribution in [0.3, 0.4) is 0 Å². The van der Waals surface area contributed by atoms with Crippen LogP contribution in [0.5, 0.6) is 0 Å². The quantitative estimate of drug-likeness (QED) is 0.417. The van der Waals surface area contributed by atoms with Crippen molar-refractivity contribution >= 4 is 16.7 Å². The maximum Gasteiger partial charge on any atom is 0.305 e. The first-order chi connectivity index (χ1) is 11.3. The maximum absolute atomic E-state index is 11.8. The first-order valence-electron chi connectivity index (χ1n) is 8.93. The molecule has 0 unspecified atom stereocenters. The summed E-state index contributed by atoms with van der Waals surface area (Å²) in [5.41, 5.74) is 1.25. The Morgan fingerprint density at radius 1 is 0.913 bits per heavy atom. The molecule has 2 aromatic carbocycles. The summed E-state index contributed by atoms with van der Waals surface area (Å²) < 4.78 is 5.38. The smallest absolute Gasteiger partial charge is 0.305 e. The number of carbonyl (C=O) groups excluding carboxylic acids is 1. The molecule has 0 heterocycles. The van der Waals surface area contributed by atoms with Crippen molar-refractivity contribution in [2.24, 2.45) is 0 Å². The van der Waals surface area contributed by atoms with Crippen LogP contribution in [0.25, 0.3) is 10.8 Å². The fourth-order valence-electron chi connectivity index (χ4n) is 2.91. The molecule has 0 spiro atoms. The van der Waals surface area contributed by atoms with E-state index in [1.807, 2.05) is 6.07 Å². The van der Waals surface area contributed by atoms with E-state index < -0.39 is 0 Å². The fraction of sp³-hybridized carbons (Fsp3) is 0.476. The predicted molar refractivity (Wildman–Crippen MR) is 96.6 cm³/mol. The third kappa shape index (κ3) is 6.05. The lowest BCUT2D eigenvalue weighted by Gasteiger charge is -2.08. The Balaban J connectivity index is 1.67. The summed E-state index contributed by atoms with van der Waals surface area (Å²) in [5.74, 6) is -0.0549. The Kier molecular flexibility index (Phi) is 7.65. The number of benzene rings is 2. The molecule has 0 radical (unpaired) electrons. The number of esters is 1. The number of hydrogen-bond acceptors (Lipinski definition) is 2. The van der Waals surface area contributed by atoms with Crippen LogP contribution >= 0.6 is 0 Å². The SMILES string of the molecule is CCCCCCCCC(=O)OCCc1cccc2ccccc12. The van der Waals surface area contributed by atoms with Crippen molar-refractivity contribution < 1.29 is 9.53 Å². The molecule has 2 aromatic rings. The molecule has 2 heteroatoms. The molecular weight excluding hydrogens is 284 g/mol. The highest BCUT2D eigenvalue weighted by atomic mass is 16.5. The van der Waals surface area contributed by atoms with Gasteiger partial charge in [0.1, 0.15) is 0 Å². The lowest BCUT2D eigenvalue weighted by Crippen LogP contribution is -2.07. The number of rotatable bonds is 10. The molecule has 2 nitrogen and oxygen atoms in total. The molecule has 124 valence electrons. The number of ether oxygens (including phenoxy) is 1. The molecule has 0 amide bonds. The van der Waals surface area contributed by atoms with Gasteiger partial charge in [-0.2, -0.15) is 0 Å². The second-order valence-electron chi connectivity index (χ2n) is 6.13. The standard InChI is InChI=1S/C21H28O2/c1-2-3-4-5-6-7-15-21(22)23-17-16-19-13-10-12-18-11-8-9-14-20(18)19/h8-14H,2-7,15-17H2,1H3. The van der Waals surface area contributed by atoms with Crippen molar-refractivity contribution in [2.75, 3.05) is 6.61 Å². The Morgan fingerprint density at radius 3 is 2.52 bits per heavy atom. The lowest BCUT2D eigenvalue weighted by atomic mass is 10.0. The first-order valence-corrected chi connectivity index (χ1v) is 8.93. The van der Waals surface area contributed by atoms with Crippen LogP contribution in [0.2, 0.25) is 0 Å². The van der Waals surface area contributed by atoms with E-state index in [0.717, 1.165) is 19.3 Å². The normalized spacial score (nSPS) is 10.8. The van der Waals surface area contributed by atoms with Crippen molar-refractivity contribution in [1.82, 2.24) is 0 Å². The third-order valence-corrected chi connectivity index (χ3v) is 4.25. The zero-order valence-electron chi connectivity index (χ0n) is 14.2. The van der Waals surface area contributed by atoms with Crippen LogP contribution in [0.1, 0.15) is 57.4 Å². The Bertz CT molecular complexity index is 598. The van der Waals surface area contributed by atoms with Crippen LogP contribution < -0.4 is 0 Å². The van der Waals surface area contributed by atoms with E-state index in [9.17, 15) is 4.79 Å². The summed E-state index contributed by atoms with van der Waals surface area (Å²) in [7, 11) is 0. The van der Waals surface area contributed by atoms with Crippen molar-refractivity contribution in [1.29, 1.82) is 0 Å². The van der Waals surface area contributed by atoms with Gasteiger partial charge in [0.25, 0.3) is 0 Å². The minimum atomic E-state index is -0.0549. The highest BCUT2D eigenvalue weighted by Crippen LogP contribution is 2.19. The molecule has 0 atom stereocenters. The first kappa shape index (κ1) is 17.5. The maximum atomic E-state index is 11.8. The van der Waals surface area contributed by atoms with E-state index in [1.54, 1.807) is 0 Å². The van der Waals surface area contributed by atoms with Gasteiger partial charge < -0.3 is 4.74 Å². The van der Waals surface area contributed by atoms with Gasteiger partial charge in [-0.3, -0.25) is 4.79 Å². The van der Waals surface area contributed by atoms with Gasteiger partial charge in [-0.15, -0.1) is 0 Å². The number of hydrogen-bond donors (Lipinski definition) is 0. The second kappa shape index (κ2) is 10.0. The summed E-state index contributed by atoms with van der Waals surface area (Å²) in [4.78, 5) is 11.8. The summed E-state index contributed by atoms with van der Waals surface area (Å²) >= 11 is 0. The zero-order chi connectivity index (χ0) is 16.3. The van der Waals surface area contributed by atoms with Crippen molar-refractivity contribution in [3.05, 3.63) is 48.0 Å². The van der Waals surface area contributed by atoms with E-state index in [1.165, 1.54) is 42.0 Å². The highest BCUT2D eigenvalue weighted by Gasteiger charge is 2.04. The zero-order valence-corrected chi connectivity index (χ0v) is 14.2. The van der Waals surface area contributed by atoms with Crippen LogP contribution in [0, 0.1) is 0 Å². The van der Waals surface area contributed by atoms with Crippen molar-refractivity contribution in [3.8, 4) is 0 Å². The lowest BCUT2D eigenvalue weighted by molar-refractivity contribution is -0.143. The summed E-state index contributed by atoms with van der Waals surface area (Å²) in [6.07, 6.45) is 8.51. The number of fused-ring (bicyclic) bond motifs is 1.